The highest BCUT2D eigenvalue weighted by atomic mass is 16.5. The van der Waals surface area contributed by atoms with Gasteiger partial charge in [-0.05, 0) is 48.9 Å². The standard InChI is InChI=1S/C22H21NO3/c1-14-7-9-19-17(11-14)18-12-16(8-10-20(18)23-19)22(25)26-13-21(24)15-5-3-2-4-6-15/h2-6,8,10,12,14,23H,7,9,11,13H2,1H3. The summed E-state index contributed by atoms with van der Waals surface area (Å²) >= 11 is 0. The lowest BCUT2D eigenvalue weighted by Gasteiger charge is -2.18. The zero-order valence-electron chi connectivity index (χ0n) is 14.7. The van der Waals surface area contributed by atoms with Crippen molar-refractivity contribution in [3.8, 4) is 0 Å². The molecule has 0 amide bonds. The maximum absolute atomic E-state index is 12.4. The molecule has 4 nitrogen and oxygen atoms in total. The molecule has 4 heteroatoms. The Kier molecular flexibility index (Phi) is 4.33. The van der Waals surface area contributed by atoms with Crippen LogP contribution in [0.4, 0.5) is 0 Å². The number of hydrogen-bond donors (Lipinski definition) is 1. The van der Waals surface area contributed by atoms with E-state index in [0.717, 1.165) is 23.7 Å². The molecule has 1 heterocycles. The maximum atomic E-state index is 12.4. The molecule has 0 bridgehead atoms. The van der Waals surface area contributed by atoms with E-state index in [1.54, 1.807) is 30.3 Å². The van der Waals surface area contributed by atoms with Gasteiger partial charge in [0.2, 0.25) is 0 Å². The second kappa shape index (κ2) is 6.79. The molecule has 3 aromatic rings. The SMILES string of the molecule is CC1CCc2[nH]c3ccc(C(=O)OCC(=O)c4ccccc4)cc3c2C1. The van der Waals surface area contributed by atoms with E-state index in [-0.39, 0.29) is 12.4 Å². The van der Waals surface area contributed by atoms with Crippen LogP contribution in [-0.2, 0) is 17.6 Å². The Hall–Kier alpha value is -2.88. The fourth-order valence-corrected chi connectivity index (χ4v) is 3.64. The van der Waals surface area contributed by atoms with Crippen molar-refractivity contribution in [2.75, 3.05) is 6.61 Å². The van der Waals surface area contributed by atoms with E-state index in [0.29, 0.717) is 17.0 Å². The van der Waals surface area contributed by atoms with Crippen LogP contribution >= 0.6 is 0 Å². The predicted molar refractivity (Wildman–Crippen MR) is 101 cm³/mol. The Balaban J connectivity index is 1.52. The van der Waals surface area contributed by atoms with Crippen molar-refractivity contribution in [3.05, 3.63) is 70.9 Å². The van der Waals surface area contributed by atoms with Crippen LogP contribution in [0.1, 0.15) is 45.3 Å². The average Bonchev–Trinajstić information content (AvgIpc) is 3.03. The first-order valence-electron chi connectivity index (χ1n) is 9.00. The molecular formula is C22H21NO3. The number of aromatic amines is 1. The van der Waals surface area contributed by atoms with Gasteiger partial charge in [0.05, 0.1) is 5.56 Å². The molecule has 1 N–H and O–H groups in total. The van der Waals surface area contributed by atoms with Crippen molar-refractivity contribution in [1.29, 1.82) is 0 Å². The zero-order valence-corrected chi connectivity index (χ0v) is 14.7. The number of esters is 1. The number of ether oxygens (including phenoxy) is 1. The normalized spacial score (nSPS) is 16.3. The van der Waals surface area contributed by atoms with E-state index in [9.17, 15) is 9.59 Å². The van der Waals surface area contributed by atoms with Crippen molar-refractivity contribution in [1.82, 2.24) is 4.98 Å². The quantitative estimate of drug-likeness (QED) is 0.564. The number of aryl methyl sites for hydroxylation is 1. The highest BCUT2D eigenvalue weighted by molar-refractivity contribution is 6.00. The number of hydrogen-bond acceptors (Lipinski definition) is 3. The van der Waals surface area contributed by atoms with Gasteiger partial charge >= 0.3 is 5.97 Å². The summed E-state index contributed by atoms with van der Waals surface area (Å²) in [5.74, 6) is -0.0107. The summed E-state index contributed by atoms with van der Waals surface area (Å²) in [7, 11) is 0. The largest absolute Gasteiger partial charge is 0.454 e. The summed E-state index contributed by atoms with van der Waals surface area (Å²) in [6.07, 6.45) is 3.27. The topological polar surface area (TPSA) is 59.2 Å². The number of nitrogens with one attached hydrogen (secondary N) is 1. The molecule has 0 saturated heterocycles. The molecule has 0 radical (unpaired) electrons. The summed E-state index contributed by atoms with van der Waals surface area (Å²) in [5, 5.41) is 1.09. The first kappa shape index (κ1) is 16.6. The summed E-state index contributed by atoms with van der Waals surface area (Å²) in [5.41, 5.74) is 4.68. The lowest BCUT2D eigenvalue weighted by molar-refractivity contribution is 0.0475. The van der Waals surface area contributed by atoms with Crippen molar-refractivity contribution < 1.29 is 14.3 Å². The molecule has 1 unspecified atom stereocenters. The van der Waals surface area contributed by atoms with Crippen LogP contribution in [0.5, 0.6) is 0 Å². The van der Waals surface area contributed by atoms with Gasteiger partial charge in [-0.15, -0.1) is 0 Å². The second-order valence-corrected chi connectivity index (χ2v) is 7.06. The highest BCUT2D eigenvalue weighted by Crippen LogP contribution is 2.32. The summed E-state index contributed by atoms with van der Waals surface area (Å²) in [6, 6.07) is 14.4. The van der Waals surface area contributed by atoms with Crippen LogP contribution < -0.4 is 0 Å². The van der Waals surface area contributed by atoms with Gasteiger partial charge in [-0.2, -0.15) is 0 Å². The van der Waals surface area contributed by atoms with Crippen molar-refractivity contribution in [2.45, 2.75) is 26.2 Å². The molecule has 0 saturated carbocycles. The van der Waals surface area contributed by atoms with Gasteiger partial charge in [-0.25, -0.2) is 4.79 Å². The van der Waals surface area contributed by atoms with Crippen LogP contribution in [0.3, 0.4) is 0 Å². The third-order valence-electron chi connectivity index (χ3n) is 5.10. The molecule has 132 valence electrons. The molecule has 1 atom stereocenters. The van der Waals surface area contributed by atoms with Gasteiger partial charge in [-0.1, -0.05) is 37.3 Å². The molecule has 1 aliphatic rings. The number of H-pyrrole nitrogens is 1. The number of aromatic nitrogens is 1. The second-order valence-electron chi connectivity index (χ2n) is 7.06. The number of fused-ring (bicyclic) bond motifs is 3. The molecule has 1 aliphatic carbocycles. The summed E-state index contributed by atoms with van der Waals surface area (Å²) < 4.78 is 5.24. The van der Waals surface area contributed by atoms with Gasteiger partial charge in [0.25, 0.3) is 0 Å². The molecule has 0 aliphatic heterocycles. The monoisotopic (exact) mass is 347 g/mol. The lowest BCUT2D eigenvalue weighted by Crippen LogP contribution is -2.14. The minimum Gasteiger partial charge on any atom is -0.454 e. The molecular weight excluding hydrogens is 326 g/mol. The Morgan fingerprint density at radius 1 is 1.12 bits per heavy atom. The van der Waals surface area contributed by atoms with E-state index < -0.39 is 5.97 Å². The van der Waals surface area contributed by atoms with Crippen molar-refractivity contribution in [3.63, 3.8) is 0 Å². The fraction of sp³-hybridized carbons (Fsp3) is 0.273. The molecule has 26 heavy (non-hydrogen) atoms. The van der Waals surface area contributed by atoms with Gasteiger partial charge < -0.3 is 9.72 Å². The van der Waals surface area contributed by atoms with Crippen molar-refractivity contribution >= 4 is 22.7 Å². The molecule has 4 rings (SSSR count). The Labute approximate surface area is 152 Å². The number of ketones is 1. The number of rotatable bonds is 4. The number of carbonyl (C=O) groups is 2. The van der Waals surface area contributed by atoms with Gasteiger partial charge in [0.15, 0.2) is 12.4 Å². The van der Waals surface area contributed by atoms with Crippen LogP contribution in [0.15, 0.2) is 48.5 Å². The smallest absolute Gasteiger partial charge is 0.338 e. The Morgan fingerprint density at radius 2 is 1.92 bits per heavy atom. The summed E-state index contributed by atoms with van der Waals surface area (Å²) in [6.45, 7) is 2.01. The van der Waals surface area contributed by atoms with Crippen LogP contribution in [0.2, 0.25) is 0 Å². The minimum atomic E-state index is -0.463. The van der Waals surface area contributed by atoms with E-state index in [4.69, 9.17) is 4.74 Å². The minimum absolute atomic E-state index is 0.201. The molecule has 1 aromatic heterocycles. The van der Waals surface area contributed by atoms with Gasteiger partial charge in [0.1, 0.15) is 0 Å². The van der Waals surface area contributed by atoms with Gasteiger partial charge in [-0.3, -0.25) is 4.79 Å². The highest BCUT2D eigenvalue weighted by Gasteiger charge is 2.21. The number of carbonyl (C=O) groups excluding carboxylic acids is 2. The van der Waals surface area contributed by atoms with E-state index in [2.05, 4.69) is 11.9 Å². The molecule has 0 spiro atoms. The van der Waals surface area contributed by atoms with Crippen LogP contribution in [0.25, 0.3) is 10.9 Å². The third kappa shape index (κ3) is 3.15. The van der Waals surface area contributed by atoms with Crippen LogP contribution in [0, 0.1) is 5.92 Å². The zero-order chi connectivity index (χ0) is 18.1. The Morgan fingerprint density at radius 3 is 2.73 bits per heavy atom. The fourth-order valence-electron chi connectivity index (χ4n) is 3.64. The van der Waals surface area contributed by atoms with E-state index >= 15 is 0 Å². The van der Waals surface area contributed by atoms with E-state index in [1.165, 1.54) is 17.7 Å². The first-order chi connectivity index (χ1) is 12.6. The Bertz CT molecular complexity index is 972. The first-order valence-corrected chi connectivity index (χ1v) is 9.00. The lowest BCUT2D eigenvalue weighted by atomic mass is 9.87. The van der Waals surface area contributed by atoms with E-state index in [1.807, 2.05) is 18.2 Å². The predicted octanol–water partition coefficient (Wildman–Crippen LogP) is 4.33. The maximum Gasteiger partial charge on any atom is 0.338 e. The van der Waals surface area contributed by atoms with Crippen molar-refractivity contribution in [2.24, 2.45) is 5.92 Å². The number of Topliss-reactive ketones (excluding diaryl/α,β-unsaturated/α-hetero) is 1. The number of benzene rings is 2. The van der Waals surface area contributed by atoms with Gasteiger partial charge in [0, 0.05) is 22.2 Å². The average molecular weight is 347 g/mol. The molecule has 0 fully saturated rings. The summed E-state index contributed by atoms with van der Waals surface area (Å²) in [4.78, 5) is 28.0. The third-order valence-corrected chi connectivity index (χ3v) is 5.10. The van der Waals surface area contributed by atoms with Crippen LogP contribution in [-0.4, -0.2) is 23.3 Å². The molecule has 2 aromatic carbocycles.